The van der Waals surface area contributed by atoms with Crippen LogP contribution in [0.2, 0.25) is 0 Å². The maximum absolute atomic E-state index is 10.1. The molecular formula is C14H21NO. The summed E-state index contributed by atoms with van der Waals surface area (Å²) < 4.78 is 0. The van der Waals surface area contributed by atoms with E-state index in [0.29, 0.717) is 6.54 Å². The molecule has 0 amide bonds. The molecule has 3 N–H and O–H groups in total. The molecule has 0 radical (unpaired) electrons. The molecule has 1 aromatic rings. The van der Waals surface area contributed by atoms with Crippen molar-refractivity contribution in [3.05, 3.63) is 35.4 Å². The zero-order chi connectivity index (χ0) is 11.6. The van der Waals surface area contributed by atoms with Crippen LogP contribution in [0.1, 0.15) is 30.4 Å². The van der Waals surface area contributed by atoms with E-state index in [1.54, 1.807) is 0 Å². The minimum Gasteiger partial charge on any atom is -0.392 e. The van der Waals surface area contributed by atoms with Crippen molar-refractivity contribution in [2.75, 3.05) is 6.54 Å². The Morgan fingerprint density at radius 2 is 2.19 bits per heavy atom. The first-order valence-corrected chi connectivity index (χ1v) is 6.10. The fraction of sp³-hybridized carbons (Fsp3) is 0.571. The molecule has 2 heteroatoms. The number of aliphatic hydroxyl groups excluding tert-OH is 1. The Labute approximate surface area is 97.5 Å². The summed E-state index contributed by atoms with van der Waals surface area (Å²) in [6.45, 7) is 2.71. The number of aryl methyl sites for hydroxylation is 1. The maximum atomic E-state index is 10.1. The van der Waals surface area contributed by atoms with Crippen LogP contribution in [0.5, 0.6) is 0 Å². The number of benzene rings is 1. The molecule has 0 aliphatic heterocycles. The smallest absolute Gasteiger partial charge is 0.0611 e. The van der Waals surface area contributed by atoms with Crippen molar-refractivity contribution >= 4 is 0 Å². The lowest BCUT2D eigenvalue weighted by Crippen LogP contribution is -2.39. The molecule has 0 bridgehead atoms. The first-order valence-electron chi connectivity index (χ1n) is 6.10. The minimum absolute atomic E-state index is 0.0773. The van der Waals surface area contributed by atoms with Gasteiger partial charge in [0.15, 0.2) is 0 Å². The zero-order valence-corrected chi connectivity index (χ0v) is 9.95. The highest BCUT2D eigenvalue weighted by atomic mass is 16.3. The van der Waals surface area contributed by atoms with Gasteiger partial charge in [0.05, 0.1) is 6.10 Å². The number of nitrogens with two attached hydrogens (primary N) is 1. The second kappa shape index (κ2) is 4.56. The van der Waals surface area contributed by atoms with Gasteiger partial charge in [0, 0.05) is 12.0 Å². The summed E-state index contributed by atoms with van der Waals surface area (Å²) in [5.41, 5.74) is 8.45. The summed E-state index contributed by atoms with van der Waals surface area (Å²) in [4.78, 5) is 0. The van der Waals surface area contributed by atoms with Crippen LogP contribution < -0.4 is 5.73 Å². The molecule has 1 aliphatic rings. The first kappa shape index (κ1) is 11.6. The van der Waals surface area contributed by atoms with Crippen molar-refractivity contribution in [2.45, 2.75) is 38.7 Å². The molecule has 16 heavy (non-hydrogen) atoms. The van der Waals surface area contributed by atoms with Gasteiger partial charge in [-0.25, -0.2) is 0 Å². The fourth-order valence-electron chi connectivity index (χ4n) is 2.82. The van der Waals surface area contributed by atoms with Gasteiger partial charge in [-0.1, -0.05) is 30.7 Å². The lowest BCUT2D eigenvalue weighted by atomic mass is 9.77. The third-order valence-corrected chi connectivity index (χ3v) is 4.07. The lowest BCUT2D eigenvalue weighted by Gasteiger charge is -2.32. The summed E-state index contributed by atoms with van der Waals surface area (Å²) in [5.74, 6) is 0. The topological polar surface area (TPSA) is 46.2 Å². The second-order valence-corrected chi connectivity index (χ2v) is 5.08. The number of rotatable bonds is 3. The Kier molecular flexibility index (Phi) is 3.31. The van der Waals surface area contributed by atoms with Crippen molar-refractivity contribution in [1.29, 1.82) is 0 Å². The summed E-state index contributed by atoms with van der Waals surface area (Å²) in [6, 6.07) is 8.39. The Hall–Kier alpha value is -0.860. The van der Waals surface area contributed by atoms with Crippen LogP contribution in [0.3, 0.4) is 0 Å². The maximum Gasteiger partial charge on any atom is 0.0611 e. The Morgan fingerprint density at radius 3 is 2.75 bits per heavy atom. The van der Waals surface area contributed by atoms with Crippen molar-refractivity contribution in [3.63, 3.8) is 0 Å². The molecule has 2 atom stereocenters. The van der Waals surface area contributed by atoms with E-state index in [9.17, 15) is 5.11 Å². The molecule has 0 saturated heterocycles. The van der Waals surface area contributed by atoms with E-state index in [1.807, 2.05) is 0 Å². The summed E-state index contributed by atoms with van der Waals surface area (Å²) in [5, 5.41) is 10.1. The molecular weight excluding hydrogens is 198 g/mol. The van der Waals surface area contributed by atoms with Gasteiger partial charge < -0.3 is 10.8 Å². The van der Waals surface area contributed by atoms with Gasteiger partial charge >= 0.3 is 0 Å². The van der Waals surface area contributed by atoms with Gasteiger partial charge in [-0.2, -0.15) is 0 Å². The third-order valence-electron chi connectivity index (χ3n) is 4.07. The molecule has 0 aromatic heterocycles. The second-order valence-electron chi connectivity index (χ2n) is 5.08. The van der Waals surface area contributed by atoms with Crippen molar-refractivity contribution < 1.29 is 5.11 Å². The van der Waals surface area contributed by atoms with E-state index in [4.69, 9.17) is 5.73 Å². The van der Waals surface area contributed by atoms with E-state index in [-0.39, 0.29) is 11.5 Å². The van der Waals surface area contributed by atoms with Gasteiger partial charge in [0.25, 0.3) is 0 Å². The van der Waals surface area contributed by atoms with Crippen molar-refractivity contribution in [1.82, 2.24) is 0 Å². The molecule has 0 heterocycles. The molecule has 0 spiro atoms. The summed E-state index contributed by atoms with van der Waals surface area (Å²) in [7, 11) is 0. The largest absolute Gasteiger partial charge is 0.392 e. The average molecular weight is 219 g/mol. The van der Waals surface area contributed by atoms with Gasteiger partial charge in [0.2, 0.25) is 0 Å². The number of aliphatic hydroxyl groups is 1. The molecule has 1 fully saturated rings. The predicted octanol–water partition coefficient (Wildman–Crippen LogP) is 2.03. The molecule has 1 aliphatic carbocycles. The first-order chi connectivity index (χ1) is 7.68. The average Bonchev–Trinajstić information content (AvgIpc) is 2.64. The highest BCUT2D eigenvalue weighted by Crippen LogP contribution is 2.40. The predicted molar refractivity (Wildman–Crippen MR) is 66.2 cm³/mol. The van der Waals surface area contributed by atoms with E-state index in [2.05, 4.69) is 31.2 Å². The Balaban J connectivity index is 2.22. The molecule has 2 unspecified atom stereocenters. The SMILES string of the molecule is Cc1ccccc1CC1(CN)CCCC1O. The van der Waals surface area contributed by atoms with Crippen LogP contribution in [0, 0.1) is 12.3 Å². The molecule has 1 aromatic carbocycles. The highest BCUT2D eigenvalue weighted by Gasteiger charge is 2.40. The van der Waals surface area contributed by atoms with Crippen LogP contribution in [-0.2, 0) is 6.42 Å². The molecule has 2 rings (SSSR count). The Morgan fingerprint density at radius 1 is 1.44 bits per heavy atom. The number of hydrogen-bond acceptors (Lipinski definition) is 2. The molecule has 1 saturated carbocycles. The zero-order valence-electron chi connectivity index (χ0n) is 9.95. The summed E-state index contributed by atoms with van der Waals surface area (Å²) in [6.07, 6.45) is 3.75. The lowest BCUT2D eigenvalue weighted by molar-refractivity contribution is 0.0587. The molecule has 2 nitrogen and oxygen atoms in total. The van der Waals surface area contributed by atoms with Crippen molar-refractivity contribution in [3.8, 4) is 0 Å². The van der Waals surface area contributed by atoms with Crippen LogP contribution in [0.4, 0.5) is 0 Å². The van der Waals surface area contributed by atoms with E-state index in [1.165, 1.54) is 11.1 Å². The third kappa shape index (κ3) is 2.00. The summed E-state index contributed by atoms with van der Waals surface area (Å²) >= 11 is 0. The van der Waals surface area contributed by atoms with Gasteiger partial charge in [-0.05, 0) is 37.3 Å². The fourth-order valence-corrected chi connectivity index (χ4v) is 2.82. The van der Waals surface area contributed by atoms with Crippen LogP contribution in [0.15, 0.2) is 24.3 Å². The minimum atomic E-state index is -0.225. The van der Waals surface area contributed by atoms with E-state index in [0.717, 1.165) is 25.7 Å². The van der Waals surface area contributed by atoms with Crippen LogP contribution >= 0.6 is 0 Å². The standard InChI is InChI=1S/C14H21NO/c1-11-5-2-3-6-12(11)9-14(10-15)8-4-7-13(14)16/h2-3,5-6,13,16H,4,7-10,15H2,1H3. The number of hydrogen-bond donors (Lipinski definition) is 2. The monoisotopic (exact) mass is 219 g/mol. The molecule has 88 valence electrons. The quantitative estimate of drug-likeness (QED) is 0.817. The van der Waals surface area contributed by atoms with Gasteiger partial charge in [0.1, 0.15) is 0 Å². The van der Waals surface area contributed by atoms with Gasteiger partial charge in [-0.15, -0.1) is 0 Å². The van der Waals surface area contributed by atoms with Crippen molar-refractivity contribution in [2.24, 2.45) is 11.1 Å². The van der Waals surface area contributed by atoms with Crippen LogP contribution in [0.25, 0.3) is 0 Å². The Bertz CT molecular complexity index is 364. The normalized spacial score (nSPS) is 29.6. The van der Waals surface area contributed by atoms with Crippen LogP contribution in [-0.4, -0.2) is 17.8 Å². The van der Waals surface area contributed by atoms with E-state index >= 15 is 0 Å². The van der Waals surface area contributed by atoms with Gasteiger partial charge in [-0.3, -0.25) is 0 Å². The highest BCUT2D eigenvalue weighted by molar-refractivity contribution is 5.27. The van der Waals surface area contributed by atoms with E-state index < -0.39 is 0 Å².